The number of benzene rings is 2. The molecule has 1 amide bonds. The maximum Gasteiger partial charge on any atom is 0.239 e. The van der Waals surface area contributed by atoms with E-state index in [4.69, 9.17) is 9.72 Å². The van der Waals surface area contributed by atoms with Gasteiger partial charge in [-0.05, 0) is 61.7 Å². The number of halogens is 1. The highest BCUT2D eigenvalue weighted by Crippen LogP contribution is 2.30. The molecule has 1 aliphatic rings. The van der Waals surface area contributed by atoms with Gasteiger partial charge >= 0.3 is 0 Å². The quantitative estimate of drug-likeness (QED) is 0.273. The summed E-state index contributed by atoms with van der Waals surface area (Å²) in [5.74, 6) is 1.98. The van der Waals surface area contributed by atoms with Crippen LogP contribution >= 0.6 is 0 Å². The second-order valence-electron chi connectivity index (χ2n) is 10.9. The Balaban J connectivity index is 1.26. The maximum atomic E-state index is 14.1. The van der Waals surface area contributed by atoms with Crippen LogP contribution < -0.4 is 20.7 Å². The zero-order valence-corrected chi connectivity index (χ0v) is 23.5. The monoisotopic (exact) mass is 545 g/mol. The van der Waals surface area contributed by atoms with Crippen LogP contribution in [0.4, 0.5) is 21.8 Å². The Hall–Kier alpha value is -4.02. The number of amides is 1. The lowest BCUT2D eigenvalue weighted by Gasteiger charge is -2.35. The van der Waals surface area contributed by atoms with Crippen molar-refractivity contribution < 1.29 is 13.9 Å². The number of nitrogens with one attached hydrogen (secondary N) is 3. The first-order valence-corrected chi connectivity index (χ1v) is 13.6. The van der Waals surface area contributed by atoms with Gasteiger partial charge in [0.1, 0.15) is 23.1 Å². The molecular formula is C30H36FN7O2. The lowest BCUT2D eigenvalue weighted by molar-refractivity contribution is -0.117. The number of rotatable bonds is 8. The number of carbonyl (C=O) groups excluding carboxylic acids is 1. The molecule has 0 bridgehead atoms. The van der Waals surface area contributed by atoms with Gasteiger partial charge in [0.25, 0.3) is 0 Å². The molecule has 4 aromatic rings. The van der Waals surface area contributed by atoms with Crippen molar-refractivity contribution in [1.82, 2.24) is 24.8 Å². The number of carbonyl (C=O) groups is 1. The summed E-state index contributed by atoms with van der Waals surface area (Å²) in [4.78, 5) is 23.8. The van der Waals surface area contributed by atoms with Gasteiger partial charge < -0.3 is 25.3 Å². The van der Waals surface area contributed by atoms with Gasteiger partial charge in [0.2, 0.25) is 11.9 Å². The Bertz CT molecular complexity index is 1510. The molecule has 210 valence electrons. The van der Waals surface area contributed by atoms with Crippen molar-refractivity contribution in [3.8, 4) is 11.5 Å². The molecule has 40 heavy (non-hydrogen) atoms. The fourth-order valence-corrected chi connectivity index (χ4v) is 5.18. The van der Waals surface area contributed by atoms with E-state index in [1.54, 1.807) is 24.4 Å². The number of ether oxygens (including phenoxy) is 1. The predicted molar refractivity (Wildman–Crippen MR) is 156 cm³/mol. The van der Waals surface area contributed by atoms with Crippen LogP contribution in [0.5, 0.6) is 11.5 Å². The molecule has 1 fully saturated rings. The SMILES string of the molecule is CC(C)c1cc(Nc2nc3cc(Oc4ccnc(NC(=O)CN5C[C@@H](C)N[C@@H](C)C5)c4)ccc3n2C)ccc1F. The van der Waals surface area contributed by atoms with Crippen molar-refractivity contribution in [3.05, 3.63) is 66.1 Å². The van der Waals surface area contributed by atoms with Gasteiger partial charge in [0.15, 0.2) is 0 Å². The summed E-state index contributed by atoms with van der Waals surface area (Å²) < 4.78 is 22.2. The average molecular weight is 546 g/mol. The van der Waals surface area contributed by atoms with E-state index in [2.05, 4.69) is 39.7 Å². The number of aromatic nitrogens is 3. The summed E-state index contributed by atoms with van der Waals surface area (Å²) in [6.07, 6.45) is 1.61. The van der Waals surface area contributed by atoms with Crippen LogP contribution in [-0.2, 0) is 11.8 Å². The summed E-state index contributed by atoms with van der Waals surface area (Å²) in [6, 6.07) is 14.8. The minimum atomic E-state index is -0.213. The van der Waals surface area contributed by atoms with E-state index < -0.39 is 0 Å². The second-order valence-corrected chi connectivity index (χ2v) is 10.9. The number of nitrogens with zero attached hydrogens (tertiary/aromatic N) is 4. The van der Waals surface area contributed by atoms with Crippen LogP contribution in [0.1, 0.15) is 39.2 Å². The van der Waals surface area contributed by atoms with Crippen LogP contribution in [0, 0.1) is 5.82 Å². The van der Waals surface area contributed by atoms with Gasteiger partial charge in [-0.3, -0.25) is 9.69 Å². The Morgan fingerprint density at radius 1 is 1.10 bits per heavy atom. The lowest BCUT2D eigenvalue weighted by atomic mass is 10.0. The Labute approximate surface area is 233 Å². The number of piperazine rings is 1. The number of hydrogen-bond donors (Lipinski definition) is 3. The van der Waals surface area contributed by atoms with Gasteiger partial charge in [-0.25, -0.2) is 14.4 Å². The number of hydrogen-bond acceptors (Lipinski definition) is 7. The molecule has 2 atom stereocenters. The predicted octanol–water partition coefficient (Wildman–Crippen LogP) is 5.39. The lowest BCUT2D eigenvalue weighted by Crippen LogP contribution is -2.55. The normalized spacial score (nSPS) is 17.8. The molecule has 2 aromatic heterocycles. The van der Waals surface area contributed by atoms with Crippen LogP contribution in [0.15, 0.2) is 54.7 Å². The third kappa shape index (κ3) is 6.40. The highest BCUT2D eigenvalue weighted by molar-refractivity contribution is 5.91. The number of aryl methyl sites for hydroxylation is 1. The molecule has 9 nitrogen and oxygen atoms in total. The van der Waals surface area contributed by atoms with Crippen LogP contribution in [0.25, 0.3) is 11.0 Å². The molecule has 10 heteroatoms. The summed E-state index contributed by atoms with van der Waals surface area (Å²) >= 11 is 0. The van der Waals surface area contributed by atoms with E-state index in [-0.39, 0.29) is 17.6 Å². The Morgan fingerprint density at radius 3 is 2.60 bits per heavy atom. The fourth-order valence-electron chi connectivity index (χ4n) is 5.18. The minimum Gasteiger partial charge on any atom is -0.457 e. The number of fused-ring (bicyclic) bond motifs is 1. The van der Waals surface area contributed by atoms with Gasteiger partial charge in [0, 0.05) is 56.2 Å². The molecule has 0 unspecified atom stereocenters. The summed E-state index contributed by atoms with van der Waals surface area (Å²) in [5, 5.41) is 9.66. The van der Waals surface area contributed by atoms with Gasteiger partial charge in [-0.2, -0.15) is 0 Å². The molecule has 3 heterocycles. The zero-order valence-electron chi connectivity index (χ0n) is 23.5. The first kappa shape index (κ1) is 27.5. The topological polar surface area (TPSA) is 96.3 Å². The van der Waals surface area contributed by atoms with Crippen molar-refractivity contribution >= 4 is 34.4 Å². The first-order valence-electron chi connectivity index (χ1n) is 13.6. The largest absolute Gasteiger partial charge is 0.457 e. The Morgan fingerprint density at radius 2 is 1.85 bits per heavy atom. The number of anilines is 3. The number of pyridine rings is 1. The molecule has 3 N–H and O–H groups in total. The van der Waals surface area contributed by atoms with E-state index in [9.17, 15) is 9.18 Å². The smallest absolute Gasteiger partial charge is 0.239 e. The van der Waals surface area contributed by atoms with Crippen molar-refractivity contribution in [2.24, 2.45) is 7.05 Å². The average Bonchev–Trinajstić information content (AvgIpc) is 3.18. The second kappa shape index (κ2) is 11.6. The molecule has 0 radical (unpaired) electrons. The molecule has 1 saturated heterocycles. The third-order valence-corrected chi connectivity index (χ3v) is 6.96. The highest BCUT2D eigenvalue weighted by Gasteiger charge is 2.22. The van der Waals surface area contributed by atoms with Crippen LogP contribution in [0.3, 0.4) is 0 Å². The van der Waals surface area contributed by atoms with Crippen LogP contribution in [0.2, 0.25) is 0 Å². The zero-order chi connectivity index (χ0) is 28.4. The van der Waals surface area contributed by atoms with Gasteiger partial charge in [-0.1, -0.05) is 13.8 Å². The maximum absolute atomic E-state index is 14.1. The van der Waals surface area contributed by atoms with E-state index in [1.807, 2.05) is 49.7 Å². The summed E-state index contributed by atoms with van der Waals surface area (Å²) in [6.45, 7) is 10.1. The Kier molecular flexibility index (Phi) is 7.99. The van der Waals surface area contributed by atoms with Crippen molar-refractivity contribution in [3.63, 3.8) is 0 Å². The van der Waals surface area contributed by atoms with E-state index >= 15 is 0 Å². The molecule has 0 saturated carbocycles. The van der Waals surface area contributed by atoms with Gasteiger partial charge in [-0.15, -0.1) is 0 Å². The summed E-state index contributed by atoms with van der Waals surface area (Å²) in [5.41, 5.74) is 3.09. The molecule has 1 aliphatic heterocycles. The van der Waals surface area contributed by atoms with E-state index in [1.165, 1.54) is 6.07 Å². The van der Waals surface area contributed by atoms with Crippen molar-refractivity contribution in [2.75, 3.05) is 30.3 Å². The minimum absolute atomic E-state index is 0.0729. The standard InChI is InChI=1S/C30H36FN7O2/c1-18(2)24-12-21(6-8-25(24)31)34-30-35-26-13-22(7-9-27(26)37(30)5)40-23-10-11-32-28(14-23)36-29(39)17-38-15-19(3)33-20(4)16-38/h6-14,18-20,33H,15-17H2,1-5H3,(H,34,35)(H,32,36,39)/t19-,20+. The van der Waals surface area contributed by atoms with E-state index in [0.717, 1.165) is 29.8 Å². The highest BCUT2D eigenvalue weighted by atomic mass is 19.1. The third-order valence-electron chi connectivity index (χ3n) is 6.96. The molecule has 0 spiro atoms. The van der Waals surface area contributed by atoms with Crippen molar-refractivity contribution in [2.45, 2.75) is 45.7 Å². The first-order chi connectivity index (χ1) is 19.1. The van der Waals surface area contributed by atoms with E-state index in [0.29, 0.717) is 47.5 Å². The molecule has 0 aliphatic carbocycles. The van der Waals surface area contributed by atoms with Crippen molar-refractivity contribution in [1.29, 1.82) is 0 Å². The fraction of sp³-hybridized carbons (Fsp3) is 0.367. The molecular weight excluding hydrogens is 509 g/mol. The molecule has 5 rings (SSSR count). The summed E-state index contributed by atoms with van der Waals surface area (Å²) in [7, 11) is 1.92. The van der Waals surface area contributed by atoms with Crippen LogP contribution in [-0.4, -0.2) is 57.1 Å². The molecule has 2 aromatic carbocycles. The van der Waals surface area contributed by atoms with Gasteiger partial charge in [0.05, 0.1) is 17.6 Å². The number of imidazole rings is 1.